The second-order valence-corrected chi connectivity index (χ2v) is 9.70. The van der Waals surface area contributed by atoms with Gasteiger partial charge in [0, 0.05) is 26.2 Å². The lowest BCUT2D eigenvalue weighted by atomic mass is 9.87. The molecule has 26 heavy (non-hydrogen) atoms. The number of hydrogen-bond acceptors (Lipinski definition) is 5. The molecule has 140 valence electrons. The van der Waals surface area contributed by atoms with Crippen LogP contribution >= 0.6 is 11.6 Å². The van der Waals surface area contributed by atoms with E-state index in [2.05, 4.69) is 30.7 Å². The van der Waals surface area contributed by atoms with Gasteiger partial charge in [0.25, 0.3) is 0 Å². The molecule has 0 atom stereocenters. The molecule has 0 spiro atoms. The number of anilines is 1. The first-order valence-electron chi connectivity index (χ1n) is 8.51. The summed E-state index contributed by atoms with van der Waals surface area (Å²) >= 11 is 6.13. The van der Waals surface area contributed by atoms with E-state index >= 15 is 0 Å². The zero-order valence-corrected chi connectivity index (χ0v) is 16.8. The molecule has 6 nitrogen and oxygen atoms in total. The lowest BCUT2D eigenvalue weighted by Gasteiger charge is -2.34. The van der Waals surface area contributed by atoms with Gasteiger partial charge in [0.05, 0.1) is 11.1 Å². The number of nitrogens with zero attached hydrogens (tertiary/aromatic N) is 4. The van der Waals surface area contributed by atoms with Crippen molar-refractivity contribution in [3.63, 3.8) is 0 Å². The molecule has 2 aromatic rings. The van der Waals surface area contributed by atoms with Gasteiger partial charge < -0.3 is 4.90 Å². The van der Waals surface area contributed by atoms with Crippen LogP contribution in [0, 0.1) is 0 Å². The summed E-state index contributed by atoms with van der Waals surface area (Å²) in [5.41, 5.74) is 1.10. The van der Waals surface area contributed by atoms with Crippen molar-refractivity contribution < 1.29 is 8.42 Å². The molecule has 0 bridgehead atoms. The average Bonchev–Trinajstić information content (AvgIpc) is 2.62. The Morgan fingerprint density at radius 2 is 1.65 bits per heavy atom. The fourth-order valence-electron chi connectivity index (χ4n) is 2.96. The first-order valence-corrected chi connectivity index (χ1v) is 10.3. The fourth-order valence-corrected chi connectivity index (χ4v) is 4.60. The maximum absolute atomic E-state index is 12.9. The van der Waals surface area contributed by atoms with Gasteiger partial charge in [0.1, 0.15) is 11.3 Å². The van der Waals surface area contributed by atoms with Gasteiger partial charge in [-0.25, -0.2) is 18.4 Å². The van der Waals surface area contributed by atoms with E-state index < -0.39 is 10.0 Å². The van der Waals surface area contributed by atoms with Crippen molar-refractivity contribution in [2.45, 2.75) is 31.1 Å². The minimum absolute atomic E-state index is 0.00920. The van der Waals surface area contributed by atoms with Crippen molar-refractivity contribution in [2.24, 2.45) is 0 Å². The largest absolute Gasteiger partial charge is 0.353 e. The van der Waals surface area contributed by atoms with Gasteiger partial charge in [-0.15, -0.1) is 0 Å². The summed E-state index contributed by atoms with van der Waals surface area (Å²) in [6, 6.07) is 7.18. The standard InChI is InChI=1S/C18H23ClN4O2S/c1-18(2,3)14-4-6-15(7-5-14)26(24,25)23-10-8-22(9-11-23)17-16(19)12-20-13-21-17/h4-7,12-13H,8-11H2,1-3H3. The summed E-state index contributed by atoms with van der Waals surface area (Å²) < 4.78 is 27.3. The van der Waals surface area contributed by atoms with Crippen LogP contribution in [0.4, 0.5) is 5.82 Å². The number of aromatic nitrogens is 2. The predicted octanol–water partition coefficient (Wildman–Crippen LogP) is 2.94. The van der Waals surface area contributed by atoms with E-state index in [1.165, 1.54) is 10.6 Å². The highest BCUT2D eigenvalue weighted by atomic mass is 35.5. The highest BCUT2D eigenvalue weighted by Crippen LogP contribution is 2.27. The maximum Gasteiger partial charge on any atom is 0.243 e. The van der Waals surface area contributed by atoms with E-state index in [4.69, 9.17) is 11.6 Å². The Balaban J connectivity index is 1.73. The van der Waals surface area contributed by atoms with Crippen LogP contribution in [0.5, 0.6) is 0 Å². The molecule has 0 saturated carbocycles. The topological polar surface area (TPSA) is 66.4 Å². The second-order valence-electron chi connectivity index (χ2n) is 7.36. The molecule has 3 rings (SSSR count). The summed E-state index contributed by atoms with van der Waals surface area (Å²) in [6.07, 6.45) is 2.99. The quantitative estimate of drug-likeness (QED) is 0.800. The van der Waals surface area contributed by atoms with Crippen molar-refractivity contribution in [1.29, 1.82) is 0 Å². The molecular weight excluding hydrogens is 372 g/mol. The number of piperazine rings is 1. The third-order valence-corrected chi connectivity index (χ3v) is 6.72. The zero-order valence-electron chi connectivity index (χ0n) is 15.2. The summed E-state index contributed by atoms with van der Waals surface area (Å²) in [4.78, 5) is 10.4. The van der Waals surface area contributed by atoms with E-state index in [9.17, 15) is 8.42 Å². The van der Waals surface area contributed by atoms with Crippen molar-refractivity contribution in [1.82, 2.24) is 14.3 Å². The summed E-state index contributed by atoms with van der Waals surface area (Å²) in [7, 11) is -3.50. The number of sulfonamides is 1. The molecule has 8 heteroatoms. The molecule has 0 amide bonds. The van der Waals surface area contributed by atoms with E-state index in [1.54, 1.807) is 18.3 Å². The lowest BCUT2D eigenvalue weighted by molar-refractivity contribution is 0.383. The molecule has 0 radical (unpaired) electrons. The van der Waals surface area contributed by atoms with E-state index in [0.29, 0.717) is 41.9 Å². The first kappa shape index (κ1) is 19.1. The Labute approximate surface area is 159 Å². The molecule has 0 N–H and O–H groups in total. The van der Waals surface area contributed by atoms with Crippen LogP contribution in [-0.2, 0) is 15.4 Å². The van der Waals surface area contributed by atoms with Gasteiger partial charge in [0.2, 0.25) is 10.0 Å². The van der Waals surface area contributed by atoms with Gasteiger partial charge >= 0.3 is 0 Å². The predicted molar refractivity (Wildman–Crippen MR) is 103 cm³/mol. The van der Waals surface area contributed by atoms with Gasteiger partial charge in [-0.1, -0.05) is 44.5 Å². The Kier molecular flexibility index (Phi) is 5.23. The molecule has 1 aliphatic rings. The molecule has 1 fully saturated rings. The number of benzene rings is 1. The van der Waals surface area contributed by atoms with Gasteiger partial charge in [0.15, 0.2) is 5.82 Å². The molecule has 0 aliphatic carbocycles. The Morgan fingerprint density at radius 3 is 2.19 bits per heavy atom. The van der Waals surface area contributed by atoms with Crippen molar-refractivity contribution >= 4 is 27.4 Å². The Hall–Kier alpha value is -1.70. The van der Waals surface area contributed by atoms with Crippen LogP contribution in [0.1, 0.15) is 26.3 Å². The summed E-state index contributed by atoms with van der Waals surface area (Å²) in [6.45, 7) is 8.18. The van der Waals surface area contributed by atoms with Crippen LogP contribution in [0.2, 0.25) is 5.02 Å². The average molecular weight is 395 g/mol. The fraction of sp³-hybridized carbons (Fsp3) is 0.444. The van der Waals surface area contributed by atoms with Crippen molar-refractivity contribution in [3.05, 3.63) is 47.4 Å². The lowest BCUT2D eigenvalue weighted by Crippen LogP contribution is -2.49. The highest BCUT2D eigenvalue weighted by molar-refractivity contribution is 7.89. The monoisotopic (exact) mass is 394 g/mol. The number of halogens is 1. The van der Waals surface area contributed by atoms with Crippen molar-refractivity contribution in [3.8, 4) is 0 Å². The van der Waals surface area contributed by atoms with Gasteiger partial charge in [-0.3, -0.25) is 0 Å². The summed E-state index contributed by atoms with van der Waals surface area (Å²) in [5.74, 6) is 0.647. The minimum atomic E-state index is -3.50. The van der Waals surface area contributed by atoms with Crippen LogP contribution in [0.15, 0.2) is 41.7 Å². The van der Waals surface area contributed by atoms with E-state index in [1.807, 2.05) is 17.0 Å². The van der Waals surface area contributed by atoms with Crippen LogP contribution in [0.3, 0.4) is 0 Å². The van der Waals surface area contributed by atoms with Crippen molar-refractivity contribution in [2.75, 3.05) is 31.1 Å². The highest BCUT2D eigenvalue weighted by Gasteiger charge is 2.29. The minimum Gasteiger partial charge on any atom is -0.353 e. The third kappa shape index (κ3) is 3.84. The molecule has 1 saturated heterocycles. The zero-order chi connectivity index (χ0) is 18.9. The van der Waals surface area contributed by atoms with E-state index in [-0.39, 0.29) is 5.41 Å². The van der Waals surface area contributed by atoms with Gasteiger partial charge in [-0.05, 0) is 23.1 Å². The molecular formula is C18H23ClN4O2S. The Morgan fingerprint density at radius 1 is 1.04 bits per heavy atom. The van der Waals surface area contributed by atoms with Crippen LogP contribution < -0.4 is 4.90 Å². The van der Waals surface area contributed by atoms with E-state index in [0.717, 1.165) is 5.56 Å². The molecule has 1 aliphatic heterocycles. The molecule has 0 unspecified atom stereocenters. The van der Waals surface area contributed by atoms with Crippen LogP contribution in [0.25, 0.3) is 0 Å². The molecule has 2 heterocycles. The number of rotatable bonds is 3. The smallest absolute Gasteiger partial charge is 0.243 e. The summed E-state index contributed by atoms with van der Waals surface area (Å²) in [5, 5.41) is 0.474. The second kappa shape index (κ2) is 7.13. The normalized spacial score (nSPS) is 16.7. The third-order valence-electron chi connectivity index (χ3n) is 4.54. The van der Waals surface area contributed by atoms with Crippen LogP contribution in [-0.4, -0.2) is 48.9 Å². The maximum atomic E-state index is 12.9. The van der Waals surface area contributed by atoms with Gasteiger partial charge in [-0.2, -0.15) is 4.31 Å². The SMILES string of the molecule is CC(C)(C)c1ccc(S(=O)(=O)N2CCN(c3ncncc3Cl)CC2)cc1. The molecule has 1 aromatic heterocycles. The Bertz CT molecular complexity index is 871. The molecule has 1 aromatic carbocycles. The number of hydrogen-bond donors (Lipinski definition) is 0. The first-order chi connectivity index (χ1) is 12.2.